The van der Waals surface area contributed by atoms with Crippen LogP contribution in [0.2, 0.25) is 0 Å². The Morgan fingerprint density at radius 1 is 1.42 bits per heavy atom. The van der Waals surface area contributed by atoms with Gasteiger partial charge >= 0.3 is 6.03 Å². The van der Waals surface area contributed by atoms with Gasteiger partial charge in [0.05, 0.1) is 23.7 Å². The van der Waals surface area contributed by atoms with E-state index in [1.165, 1.54) is 0 Å². The van der Waals surface area contributed by atoms with E-state index in [2.05, 4.69) is 29.5 Å². The van der Waals surface area contributed by atoms with Gasteiger partial charge in [0.15, 0.2) is 0 Å². The predicted molar refractivity (Wildman–Crippen MR) is 94.9 cm³/mol. The lowest BCUT2D eigenvalue weighted by molar-refractivity contribution is 0.142. The SMILES string of the molecule is CC(C)Cc1ncc(CNC(=O)NC2c3ccccc3CC2O)s1. The van der Waals surface area contributed by atoms with Crippen LogP contribution in [0.3, 0.4) is 0 Å². The number of carbonyl (C=O) groups excluding carboxylic acids is 1. The zero-order valence-electron chi connectivity index (χ0n) is 14.0. The molecule has 6 heteroatoms. The van der Waals surface area contributed by atoms with Crippen LogP contribution < -0.4 is 10.6 Å². The van der Waals surface area contributed by atoms with Crippen molar-refractivity contribution in [1.29, 1.82) is 0 Å². The second-order valence-corrected chi connectivity index (χ2v) is 7.79. The van der Waals surface area contributed by atoms with E-state index in [0.29, 0.717) is 18.9 Å². The highest BCUT2D eigenvalue weighted by molar-refractivity contribution is 7.11. The molecule has 2 unspecified atom stereocenters. The van der Waals surface area contributed by atoms with E-state index in [1.54, 1.807) is 11.3 Å². The summed E-state index contributed by atoms with van der Waals surface area (Å²) in [5, 5.41) is 17.0. The third-order valence-corrected chi connectivity index (χ3v) is 5.12. The second kappa shape index (κ2) is 7.32. The molecule has 128 valence electrons. The molecule has 1 heterocycles. The van der Waals surface area contributed by atoms with Crippen LogP contribution in [-0.2, 0) is 19.4 Å². The molecular weight excluding hydrogens is 322 g/mol. The minimum atomic E-state index is -0.575. The summed E-state index contributed by atoms with van der Waals surface area (Å²) in [5.41, 5.74) is 2.09. The van der Waals surface area contributed by atoms with Gasteiger partial charge < -0.3 is 15.7 Å². The normalized spacial score (nSPS) is 19.3. The number of urea groups is 1. The monoisotopic (exact) mass is 345 g/mol. The van der Waals surface area contributed by atoms with Crippen LogP contribution in [0.1, 0.15) is 40.9 Å². The van der Waals surface area contributed by atoms with Crippen LogP contribution in [0.5, 0.6) is 0 Å². The summed E-state index contributed by atoms with van der Waals surface area (Å²) in [6, 6.07) is 7.21. The van der Waals surface area contributed by atoms with Gasteiger partial charge in [-0.3, -0.25) is 0 Å². The molecule has 2 aromatic rings. The lowest BCUT2D eigenvalue weighted by atomic mass is 10.1. The third-order valence-electron chi connectivity index (χ3n) is 4.10. The van der Waals surface area contributed by atoms with Crippen molar-refractivity contribution in [2.24, 2.45) is 5.92 Å². The van der Waals surface area contributed by atoms with Crippen molar-refractivity contribution in [2.45, 2.75) is 45.4 Å². The Kier molecular flexibility index (Phi) is 5.16. The number of benzene rings is 1. The first kappa shape index (κ1) is 16.9. The fraction of sp³-hybridized carbons (Fsp3) is 0.444. The van der Waals surface area contributed by atoms with Gasteiger partial charge in [0.25, 0.3) is 0 Å². The number of aliphatic hydroxyl groups excluding tert-OH is 1. The Bertz CT molecular complexity index is 714. The van der Waals surface area contributed by atoms with Gasteiger partial charge in [0.1, 0.15) is 0 Å². The molecule has 0 bridgehead atoms. The molecule has 3 rings (SSSR count). The van der Waals surface area contributed by atoms with Crippen molar-refractivity contribution in [2.75, 3.05) is 0 Å². The number of amides is 2. The van der Waals surface area contributed by atoms with E-state index < -0.39 is 6.10 Å². The lowest BCUT2D eigenvalue weighted by Crippen LogP contribution is -2.40. The van der Waals surface area contributed by atoms with Crippen LogP contribution in [0.4, 0.5) is 4.79 Å². The van der Waals surface area contributed by atoms with Crippen molar-refractivity contribution in [3.63, 3.8) is 0 Å². The summed E-state index contributed by atoms with van der Waals surface area (Å²) in [6.07, 6.45) is 2.79. The highest BCUT2D eigenvalue weighted by Gasteiger charge is 2.31. The van der Waals surface area contributed by atoms with Crippen LogP contribution in [0.25, 0.3) is 0 Å². The molecule has 0 saturated carbocycles. The Morgan fingerprint density at radius 3 is 3.00 bits per heavy atom. The minimum Gasteiger partial charge on any atom is -0.390 e. The number of carbonyl (C=O) groups is 1. The van der Waals surface area contributed by atoms with Gasteiger partial charge in [-0.15, -0.1) is 11.3 Å². The molecule has 0 spiro atoms. The van der Waals surface area contributed by atoms with Gasteiger partial charge in [-0.2, -0.15) is 0 Å². The molecule has 0 radical (unpaired) electrons. The fourth-order valence-corrected chi connectivity index (χ4v) is 4.06. The number of aromatic nitrogens is 1. The Labute approximate surface area is 146 Å². The fourth-order valence-electron chi connectivity index (χ4n) is 2.98. The topological polar surface area (TPSA) is 74.2 Å². The maximum atomic E-state index is 12.2. The maximum Gasteiger partial charge on any atom is 0.315 e. The van der Waals surface area contributed by atoms with Gasteiger partial charge in [-0.1, -0.05) is 38.1 Å². The van der Waals surface area contributed by atoms with Gasteiger partial charge in [0.2, 0.25) is 0 Å². The largest absolute Gasteiger partial charge is 0.390 e. The average molecular weight is 345 g/mol. The van der Waals surface area contributed by atoms with Crippen molar-refractivity contribution in [3.8, 4) is 0 Å². The molecule has 24 heavy (non-hydrogen) atoms. The number of thiazole rings is 1. The second-order valence-electron chi connectivity index (χ2n) is 6.59. The van der Waals surface area contributed by atoms with Gasteiger partial charge in [-0.05, 0) is 17.0 Å². The Balaban J connectivity index is 1.54. The maximum absolute atomic E-state index is 12.2. The summed E-state index contributed by atoms with van der Waals surface area (Å²) in [5.74, 6) is 0.573. The van der Waals surface area contributed by atoms with Crippen LogP contribution in [-0.4, -0.2) is 22.2 Å². The molecular formula is C18H23N3O2S. The summed E-state index contributed by atoms with van der Waals surface area (Å²) in [7, 11) is 0. The van der Waals surface area contributed by atoms with Crippen LogP contribution in [0, 0.1) is 5.92 Å². The lowest BCUT2D eigenvalue weighted by Gasteiger charge is -2.18. The molecule has 2 amide bonds. The van der Waals surface area contributed by atoms with Crippen LogP contribution >= 0.6 is 11.3 Å². The number of nitrogens with zero attached hydrogens (tertiary/aromatic N) is 1. The average Bonchev–Trinajstić information content (AvgIpc) is 3.10. The molecule has 1 aliphatic carbocycles. The number of hydrogen-bond donors (Lipinski definition) is 3. The van der Waals surface area contributed by atoms with Gasteiger partial charge in [-0.25, -0.2) is 9.78 Å². The number of hydrogen-bond acceptors (Lipinski definition) is 4. The molecule has 0 fully saturated rings. The molecule has 1 aromatic heterocycles. The predicted octanol–water partition coefficient (Wildman–Crippen LogP) is 2.80. The van der Waals surface area contributed by atoms with E-state index in [-0.39, 0.29) is 12.1 Å². The summed E-state index contributed by atoms with van der Waals surface area (Å²) in [6.45, 7) is 4.78. The summed E-state index contributed by atoms with van der Waals surface area (Å²) < 4.78 is 0. The third kappa shape index (κ3) is 3.94. The summed E-state index contributed by atoms with van der Waals surface area (Å²) >= 11 is 1.63. The molecule has 1 aromatic carbocycles. The highest BCUT2D eigenvalue weighted by atomic mass is 32.1. The van der Waals surface area contributed by atoms with Crippen molar-refractivity contribution in [3.05, 3.63) is 51.5 Å². The standard InChI is InChI=1S/C18H23N3O2S/c1-11(2)7-16-19-9-13(24-16)10-20-18(23)21-17-14-6-4-3-5-12(14)8-15(17)22/h3-6,9,11,15,17,22H,7-8,10H2,1-2H3,(H2,20,21,23). The Morgan fingerprint density at radius 2 is 2.21 bits per heavy atom. The summed E-state index contributed by atoms with van der Waals surface area (Å²) in [4.78, 5) is 17.6. The molecule has 2 atom stereocenters. The highest BCUT2D eigenvalue weighted by Crippen LogP contribution is 2.31. The first-order chi connectivity index (χ1) is 11.5. The van der Waals surface area contributed by atoms with Crippen LogP contribution in [0.15, 0.2) is 30.5 Å². The minimum absolute atomic E-state index is 0.269. The van der Waals surface area contributed by atoms with Gasteiger partial charge in [0, 0.05) is 23.9 Å². The van der Waals surface area contributed by atoms with Crippen molar-refractivity contribution >= 4 is 17.4 Å². The molecule has 0 saturated heterocycles. The number of aliphatic hydroxyl groups is 1. The smallest absolute Gasteiger partial charge is 0.315 e. The molecule has 0 aliphatic heterocycles. The molecule has 3 N–H and O–H groups in total. The molecule has 1 aliphatic rings. The first-order valence-corrected chi connectivity index (χ1v) is 9.08. The van der Waals surface area contributed by atoms with E-state index in [1.807, 2.05) is 30.5 Å². The van der Waals surface area contributed by atoms with E-state index in [9.17, 15) is 9.90 Å². The number of rotatable bonds is 5. The van der Waals surface area contributed by atoms with E-state index in [0.717, 1.165) is 27.4 Å². The first-order valence-electron chi connectivity index (χ1n) is 8.26. The molecule has 5 nitrogen and oxygen atoms in total. The van der Waals surface area contributed by atoms with E-state index >= 15 is 0 Å². The Hall–Kier alpha value is -1.92. The van der Waals surface area contributed by atoms with Crippen molar-refractivity contribution < 1.29 is 9.90 Å². The number of nitrogens with one attached hydrogen (secondary N) is 2. The van der Waals surface area contributed by atoms with Crippen molar-refractivity contribution in [1.82, 2.24) is 15.6 Å². The number of fused-ring (bicyclic) bond motifs is 1. The zero-order valence-corrected chi connectivity index (χ0v) is 14.8. The quantitative estimate of drug-likeness (QED) is 0.780. The van der Waals surface area contributed by atoms with E-state index in [4.69, 9.17) is 0 Å². The zero-order chi connectivity index (χ0) is 17.1.